The molecule has 2 aliphatic heterocycles. The second-order valence-electron chi connectivity index (χ2n) is 6.67. The van der Waals surface area contributed by atoms with Crippen LogP contribution in [0.25, 0.3) is 0 Å². The number of nitrogens with zero attached hydrogens (tertiary/aromatic N) is 2. The third kappa shape index (κ3) is 3.31. The molecule has 0 bridgehead atoms. The first kappa shape index (κ1) is 16.9. The van der Waals surface area contributed by atoms with Crippen molar-refractivity contribution in [3.63, 3.8) is 0 Å². The Balaban J connectivity index is 1.71. The summed E-state index contributed by atoms with van der Waals surface area (Å²) in [6, 6.07) is 4.95. The molecule has 0 unspecified atom stereocenters. The Bertz CT molecular complexity index is 660. The molecule has 3 rings (SSSR count). The van der Waals surface area contributed by atoms with Crippen LogP contribution in [0.4, 0.5) is 4.39 Å². The van der Waals surface area contributed by atoms with Crippen molar-refractivity contribution in [3.05, 3.63) is 35.1 Å². The van der Waals surface area contributed by atoms with Crippen LogP contribution in [0.3, 0.4) is 0 Å². The molecule has 0 aromatic heterocycles. The molecule has 0 N–H and O–H groups in total. The third-order valence-corrected chi connectivity index (χ3v) is 5.04. The zero-order chi connectivity index (χ0) is 17.2. The molecular weight excluding hydrogens is 307 g/mol. The lowest BCUT2D eigenvalue weighted by atomic mass is 9.89. The topological polar surface area (TPSA) is 32.8 Å². The summed E-state index contributed by atoms with van der Waals surface area (Å²) in [5, 5.41) is 0. The van der Waals surface area contributed by atoms with Crippen molar-refractivity contribution in [2.75, 3.05) is 39.3 Å². The molecule has 2 heterocycles. The fourth-order valence-electron chi connectivity index (χ4n) is 3.55. The molecule has 0 atom stereocenters. The quantitative estimate of drug-likeness (QED) is 0.779. The van der Waals surface area contributed by atoms with Crippen molar-refractivity contribution < 1.29 is 13.9 Å². The molecule has 0 radical (unpaired) electrons. The summed E-state index contributed by atoms with van der Waals surface area (Å²) in [5.41, 5.74) is 0.322. The van der Waals surface area contributed by atoms with Crippen LogP contribution in [-0.4, -0.2) is 60.6 Å². The number of hydrogen-bond donors (Lipinski definition) is 0. The summed E-state index contributed by atoms with van der Waals surface area (Å²) in [7, 11) is 0. The number of halogens is 1. The number of carbonyl (C=O) groups excluding carboxylic acids is 1. The Kier molecular flexibility index (Phi) is 4.88. The zero-order valence-corrected chi connectivity index (χ0v) is 14.1. The molecule has 5 heteroatoms. The van der Waals surface area contributed by atoms with Crippen molar-refractivity contribution in [2.24, 2.45) is 0 Å². The van der Waals surface area contributed by atoms with Gasteiger partial charge in [0, 0.05) is 19.6 Å². The summed E-state index contributed by atoms with van der Waals surface area (Å²) < 4.78 is 20.3. The van der Waals surface area contributed by atoms with Gasteiger partial charge in [-0.25, -0.2) is 4.39 Å². The average Bonchev–Trinajstić information content (AvgIpc) is 2.59. The first-order chi connectivity index (χ1) is 11.5. The highest BCUT2D eigenvalue weighted by Crippen LogP contribution is 2.31. The molecule has 1 spiro atoms. The molecule has 1 aromatic rings. The summed E-state index contributed by atoms with van der Waals surface area (Å²) >= 11 is 0. The van der Waals surface area contributed by atoms with Crippen LogP contribution in [0.2, 0.25) is 0 Å². The SMILES string of the molecule is C#CCN1CCC2(CC1)CN(C(=O)c1cccc(C)c1F)CCO2. The molecular formula is C19H23FN2O2. The van der Waals surface area contributed by atoms with E-state index in [1.807, 2.05) is 0 Å². The normalized spacial score (nSPS) is 20.8. The molecule has 4 nitrogen and oxygen atoms in total. The molecule has 128 valence electrons. The van der Waals surface area contributed by atoms with Crippen molar-refractivity contribution >= 4 is 5.91 Å². The van der Waals surface area contributed by atoms with E-state index in [1.54, 1.807) is 30.0 Å². The lowest BCUT2D eigenvalue weighted by Crippen LogP contribution is -2.58. The molecule has 1 aromatic carbocycles. The Morgan fingerprint density at radius 3 is 2.83 bits per heavy atom. The van der Waals surface area contributed by atoms with Gasteiger partial charge in [0.25, 0.3) is 5.91 Å². The van der Waals surface area contributed by atoms with E-state index < -0.39 is 5.82 Å². The largest absolute Gasteiger partial charge is 0.371 e. The minimum atomic E-state index is -0.424. The summed E-state index contributed by atoms with van der Waals surface area (Å²) in [6.07, 6.45) is 7.05. The number of aryl methyl sites for hydroxylation is 1. The minimum Gasteiger partial charge on any atom is -0.371 e. The van der Waals surface area contributed by atoms with Crippen LogP contribution >= 0.6 is 0 Å². The van der Waals surface area contributed by atoms with Crippen LogP contribution in [0, 0.1) is 25.1 Å². The summed E-state index contributed by atoms with van der Waals surface area (Å²) in [6.45, 7) is 5.57. The number of ether oxygens (including phenoxy) is 1. The van der Waals surface area contributed by atoms with E-state index >= 15 is 0 Å². The Morgan fingerprint density at radius 1 is 1.38 bits per heavy atom. The number of piperidine rings is 1. The molecule has 1 amide bonds. The van der Waals surface area contributed by atoms with Gasteiger partial charge in [-0.3, -0.25) is 9.69 Å². The van der Waals surface area contributed by atoms with Crippen molar-refractivity contribution in [2.45, 2.75) is 25.4 Å². The number of benzene rings is 1. The van der Waals surface area contributed by atoms with E-state index in [9.17, 15) is 9.18 Å². The van der Waals surface area contributed by atoms with Gasteiger partial charge in [0.05, 0.1) is 30.9 Å². The monoisotopic (exact) mass is 330 g/mol. The fraction of sp³-hybridized carbons (Fsp3) is 0.526. The lowest BCUT2D eigenvalue weighted by molar-refractivity contribution is -0.126. The highest BCUT2D eigenvalue weighted by molar-refractivity contribution is 5.94. The number of likely N-dealkylation sites (tertiary alicyclic amines) is 1. The first-order valence-electron chi connectivity index (χ1n) is 8.39. The predicted octanol–water partition coefficient (Wildman–Crippen LogP) is 2.07. The van der Waals surface area contributed by atoms with Crippen LogP contribution in [0.5, 0.6) is 0 Å². The van der Waals surface area contributed by atoms with E-state index in [0.29, 0.717) is 31.8 Å². The van der Waals surface area contributed by atoms with Crippen LogP contribution in [0.15, 0.2) is 18.2 Å². The van der Waals surface area contributed by atoms with Gasteiger partial charge in [-0.2, -0.15) is 0 Å². The van der Waals surface area contributed by atoms with E-state index in [4.69, 9.17) is 11.2 Å². The van der Waals surface area contributed by atoms with Gasteiger partial charge in [0.1, 0.15) is 5.82 Å². The van der Waals surface area contributed by atoms with Crippen molar-refractivity contribution in [3.8, 4) is 12.3 Å². The second-order valence-corrected chi connectivity index (χ2v) is 6.67. The fourth-order valence-corrected chi connectivity index (χ4v) is 3.55. The maximum Gasteiger partial charge on any atom is 0.257 e. The van der Waals surface area contributed by atoms with Crippen LogP contribution < -0.4 is 0 Å². The van der Waals surface area contributed by atoms with Crippen LogP contribution in [0.1, 0.15) is 28.8 Å². The van der Waals surface area contributed by atoms with Crippen molar-refractivity contribution in [1.29, 1.82) is 0 Å². The molecule has 24 heavy (non-hydrogen) atoms. The van der Waals surface area contributed by atoms with Gasteiger partial charge in [-0.05, 0) is 31.4 Å². The number of hydrogen-bond acceptors (Lipinski definition) is 3. The van der Waals surface area contributed by atoms with E-state index in [2.05, 4.69) is 10.8 Å². The van der Waals surface area contributed by atoms with Crippen LogP contribution in [-0.2, 0) is 4.74 Å². The van der Waals surface area contributed by atoms with Gasteiger partial charge in [0.15, 0.2) is 0 Å². The molecule has 0 saturated carbocycles. The number of morpholine rings is 1. The van der Waals surface area contributed by atoms with E-state index in [-0.39, 0.29) is 17.1 Å². The average molecular weight is 330 g/mol. The van der Waals surface area contributed by atoms with Crippen molar-refractivity contribution in [1.82, 2.24) is 9.80 Å². The van der Waals surface area contributed by atoms with Gasteiger partial charge < -0.3 is 9.64 Å². The van der Waals surface area contributed by atoms with Gasteiger partial charge >= 0.3 is 0 Å². The molecule has 2 aliphatic rings. The van der Waals surface area contributed by atoms with Gasteiger partial charge in [-0.1, -0.05) is 18.1 Å². The Morgan fingerprint density at radius 2 is 2.12 bits per heavy atom. The number of carbonyl (C=O) groups is 1. The highest BCUT2D eigenvalue weighted by Gasteiger charge is 2.41. The predicted molar refractivity (Wildman–Crippen MR) is 90.2 cm³/mol. The molecule has 2 fully saturated rings. The number of terminal acetylenes is 1. The summed E-state index contributed by atoms with van der Waals surface area (Å²) in [5.74, 6) is 2.00. The first-order valence-corrected chi connectivity index (χ1v) is 8.39. The zero-order valence-electron chi connectivity index (χ0n) is 14.1. The highest BCUT2D eigenvalue weighted by atomic mass is 19.1. The minimum absolute atomic E-state index is 0.150. The third-order valence-electron chi connectivity index (χ3n) is 5.04. The van der Waals surface area contributed by atoms with Gasteiger partial charge in [-0.15, -0.1) is 6.42 Å². The Hall–Kier alpha value is -1.90. The standard InChI is InChI=1S/C19H23FN2O2/c1-3-9-21-10-7-19(8-11-21)14-22(12-13-24-19)18(23)16-6-4-5-15(2)17(16)20/h1,4-6H,7-14H2,2H3. The van der Waals surface area contributed by atoms with E-state index in [0.717, 1.165) is 25.9 Å². The smallest absolute Gasteiger partial charge is 0.257 e. The summed E-state index contributed by atoms with van der Waals surface area (Å²) in [4.78, 5) is 16.7. The number of amides is 1. The maximum absolute atomic E-state index is 14.3. The Labute approximate surface area is 142 Å². The second kappa shape index (κ2) is 6.92. The molecule has 2 saturated heterocycles. The maximum atomic E-state index is 14.3. The van der Waals surface area contributed by atoms with Gasteiger partial charge in [0.2, 0.25) is 0 Å². The molecule has 0 aliphatic carbocycles. The lowest BCUT2D eigenvalue weighted by Gasteiger charge is -2.47. The van der Waals surface area contributed by atoms with E-state index in [1.165, 1.54) is 0 Å². The number of rotatable bonds is 2.